The van der Waals surface area contributed by atoms with Crippen molar-refractivity contribution < 1.29 is 14.7 Å². The summed E-state index contributed by atoms with van der Waals surface area (Å²) in [5.74, 6) is -0.762. The number of hydrogen-bond acceptors (Lipinski definition) is 4. The van der Waals surface area contributed by atoms with Gasteiger partial charge in [-0.05, 0) is 31.5 Å². The maximum atomic E-state index is 11.9. The first-order valence-electron chi connectivity index (χ1n) is 5.83. The van der Waals surface area contributed by atoms with E-state index in [1.54, 1.807) is 12.1 Å². The Morgan fingerprint density at radius 1 is 1.50 bits per heavy atom. The van der Waals surface area contributed by atoms with Gasteiger partial charge in [-0.25, -0.2) is 0 Å². The second-order valence-corrected chi connectivity index (χ2v) is 6.02. The first-order valence-corrected chi connectivity index (χ1v) is 7.03. The molecule has 1 unspecified atom stereocenters. The molecule has 98 valence electrons. The predicted molar refractivity (Wildman–Crippen MR) is 70.5 cm³/mol. The maximum absolute atomic E-state index is 11.9. The molecule has 0 bridgehead atoms. The fraction of sp³-hybridized carbons (Fsp3) is 0.500. The van der Waals surface area contributed by atoms with Crippen molar-refractivity contribution in [1.82, 2.24) is 4.90 Å². The second kappa shape index (κ2) is 5.82. The number of carbonyl (C=O) groups is 2. The minimum Gasteiger partial charge on any atom is -0.480 e. The Bertz CT molecular complexity index is 460. The standard InChI is InChI=1S/C12H14ClNO3S/c13-11-4-3-10(18-11)9(15)5-7-14-6-1-2-8(14)12(16)17/h3-4,8H,1-2,5-7H2,(H,16,17). The van der Waals surface area contributed by atoms with Crippen LogP contribution in [0, 0.1) is 0 Å². The first-order chi connectivity index (χ1) is 8.58. The molecular formula is C12H14ClNO3S. The Morgan fingerprint density at radius 2 is 2.28 bits per heavy atom. The molecule has 1 aromatic heterocycles. The van der Waals surface area contributed by atoms with Crippen molar-refractivity contribution in [2.24, 2.45) is 0 Å². The van der Waals surface area contributed by atoms with E-state index in [1.165, 1.54) is 11.3 Å². The van der Waals surface area contributed by atoms with Gasteiger partial charge in [-0.1, -0.05) is 11.6 Å². The summed E-state index contributed by atoms with van der Waals surface area (Å²) in [6, 6.07) is 2.99. The number of carbonyl (C=O) groups excluding carboxylic acids is 1. The van der Waals surface area contributed by atoms with Crippen LogP contribution in [-0.2, 0) is 4.79 Å². The van der Waals surface area contributed by atoms with Crippen LogP contribution >= 0.6 is 22.9 Å². The van der Waals surface area contributed by atoms with Crippen molar-refractivity contribution in [2.45, 2.75) is 25.3 Å². The largest absolute Gasteiger partial charge is 0.480 e. The molecule has 1 aromatic rings. The molecule has 0 aromatic carbocycles. The van der Waals surface area contributed by atoms with Gasteiger partial charge in [0.15, 0.2) is 5.78 Å². The Hall–Kier alpha value is -0.910. The average molecular weight is 288 g/mol. The lowest BCUT2D eigenvalue weighted by Crippen LogP contribution is -2.37. The van der Waals surface area contributed by atoms with Gasteiger partial charge >= 0.3 is 5.97 Å². The van der Waals surface area contributed by atoms with Gasteiger partial charge in [0.2, 0.25) is 0 Å². The molecule has 0 saturated carbocycles. The molecule has 0 radical (unpaired) electrons. The average Bonchev–Trinajstić information content (AvgIpc) is 2.94. The number of thiophene rings is 1. The van der Waals surface area contributed by atoms with Crippen LogP contribution in [0.5, 0.6) is 0 Å². The smallest absolute Gasteiger partial charge is 0.320 e. The molecule has 0 amide bonds. The number of hydrogen-bond donors (Lipinski definition) is 1. The van der Waals surface area contributed by atoms with E-state index in [4.69, 9.17) is 16.7 Å². The van der Waals surface area contributed by atoms with Gasteiger partial charge in [-0.3, -0.25) is 14.5 Å². The maximum Gasteiger partial charge on any atom is 0.320 e. The topological polar surface area (TPSA) is 57.6 Å². The summed E-state index contributed by atoms with van der Waals surface area (Å²) in [6.07, 6.45) is 1.91. The van der Waals surface area contributed by atoms with Crippen LogP contribution in [0.3, 0.4) is 0 Å². The van der Waals surface area contributed by atoms with Gasteiger partial charge in [-0.2, -0.15) is 0 Å². The molecule has 1 saturated heterocycles. The van der Waals surface area contributed by atoms with E-state index >= 15 is 0 Å². The van der Waals surface area contributed by atoms with Crippen molar-refractivity contribution in [3.63, 3.8) is 0 Å². The van der Waals surface area contributed by atoms with Crippen molar-refractivity contribution in [2.75, 3.05) is 13.1 Å². The SMILES string of the molecule is O=C(CCN1CCCC1C(=O)O)c1ccc(Cl)s1. The van der Waals surface area contributed by atoms with E-state index in [9.17, 15) is 9.59 Å². The summed E-state index contributed by atoms with van der Waals surface area (Å²) in [4.78, 5) is 25.4. The monoisotopic (exact) mass is 287 g/mol. The highest BCUT2D eigenvalue weighted by Gasteiger charge is 2.30. The zero-order valence-corrected chi connectivity index (χ0v) is 11.3. The summed E-state index contributed by atoms with van der Waals surface area (Å²) in [5.41, 5.74) is 0. The Balaban J connectivity index is 1.88. The summed E-state index contributed by atoms with van der Waals surface area (Å²) < 4.78 is 0.600. The van der Waals surface area contributed by atoms with Crippen molar-refractivity contribution >= 4 is 34.7 Å². The summed E-state index contributed by atoms with van der Waals surface area (Å²) in [6.45, 7) is 1.26. The molecule has 0 spiro atoms. The normalized spacial score (nSPS) is 20.2. The second-order valence-electron chi connectivity index (χ2n) is 4.31. The van der Waals surface area contributed by atoms with Crippen molar-refractivity contribution in [3.8, 4) is 0 Å². The molecule has 1 N–H and O–H groups in total. The van der Waals surface area contributed by atoms with Gasteiger partial charge in [0.05, 0.1) is 9.21 Å². The van der Waals surface area contributed by atoms with E-state index in [0.717, 1.165) is 13.0 Å². The van der Waals surface area contributed by atoms with E-state index in [2.05, 4.69) is 0 Å². The van der Waals surface area contributed by atoms with Gasteiger partial charge in [0, 0.05) is 13.0 Å². The first kappa shape index (κ1) is 13.5. The highest BCUT2D eigenvalue weighted by atomic mass is 35.5. The van der Waals surface area contributed by atoms with E-state index in [0.29, 0.717) is 28.6 Å². The van der Waals surface area contributed by atoms with Crippen LogP contribution < -0.4 is 0 Å². The molecule has 18 heavy (non-hydrogen) atoms. The predicted octanol–water partition coefficient (Wildman–Crippen LogP) is 2.52. The minimum absolute atomic E-state index is 0.0305. The number of likely N-dealkylation sites (tertiary alicyclic amines) is 1. The lowest BCUT2D eigenvalue weighted by Gasteiger charge is -2.20. The third kappa shape index (κ3) is 3.10. The Labute approximate surface area is 114 Å². The summed E-state index contributed by atoms with van der Waals surface area (Å²) in [7, 11) is 0. The summed E-state index contributed by atoms with van der Waals surface area (Å²) >= 11 is 7.04. The molecule has 1 fully saturated rings. The fourth-order valence-electron chi connectivity index (χ4n) is 2.21. The van der Waals surface area contributed by atoms with Gasteiger partial charge in [0.25, 0.3) is 0 Å². The lowest BCUT2D eigenvalue weighted by atomic mass is 10.2. The van der Waals surface area contributed by atoms with Crippen LogP contribution in [-0.4, -0.2) is 40.9 Å². The molecule has 1 aliphatic heterocycles. The number of Topliss-reactive ketones (excluding diaryl/α,β-unsaturated/α-hetero) is 1. The molecule has 4 nitrogen and oxygen atoms in total. The number of rotatable bonds is 5. The third-order valence-corrected chi connectivity index (χ3v) is 4.40. The lowest BCUT2D eigenvalue weighted by molar-refractivity contribution is -0.142. The molecular weight excluding hydrogens is 274 g/mol. The number of carboxylic acid groups (broad SMARTS) is 1. The third-order valence-electron chi connectivity index (χ3n) is 3.12. The molecule has 1 aliphatic rings. The van der Waals surface area contributed by atoms with Crippen LogP contribution in [0.1, 0.15) is 28.9 Å². The number of carboxylic acids is 1. The number of nitrogens with zero attached hydrogens (tertiary/aromatic N) is 1. The van der Waals surface area contributed by atoms with E-state index < -0.39 is 12.0 Å². The quantitative estimate of drug-likeness (QED) is 0.846. The van der Waals surface area contributed by atoms with Crippen LogP contribution in [0.25, 0.3) is 0 Å². The van der Waals surface area contributed by atoms with E-state index in [-0.39, 0.29) is 5.78 Å². The highest BCUT2D eigenvalue weighted by molar-refractivity contribution is 7.18. The summed E-state index contributed by atoms with van der Waals surface area (Å²) in [5, 5.41) is 9.03. The Kier molecular flexibility index (Phi) is 4.37. The van der Waals surface area contributed by atoms with Crippen molar-refractivity contribution in [1.29, 1.82) is 0 Å². The van der Waals surface area contributed by atoms with Crippen LogP contribution in [0.15, 0.2) is 12.1 Å². The molecule has 1 atom stereocenters. The van der Waals surface area contributed by atoms with Gasteiger partial charge < -0.3 is 5.11 Å². The van der Waals surface area contributed by atoms with Gasteiger partial charge in [-0.15, -0.1) is 11.3 Å². The van der Waals surface area contributed by atoms with E-state index in [1.807, 2.05) is 4.90 Å². The Morgan fingerprint density at radius 3 is 2.89 bits per heavy atom. The molecule has 2 heterocycles. The van der Waals surface area contributed by atoms with Gasteiger partial charge in [0.1, 0.15) is 6.04 Å². The number of halogens is 1. The fourth-order valence-corrected chi connectivity index (χ4v) is 3.22. The zero-order valence-electron chi connectivity index (χ0n) is 9.76. The van der Waals surface area contributed by atoms with Crippen LogP contribution in [0.2, 0.25) is 4.34 Å². The minimum atomic E-state index is -0.792. The zero-order chi connectivity index (χ0) is 13.1. The number of ketones is 1. The molecule has 2 rings (SSSR count). The van der Waals surface area contributed by atoms with Crippen LogP contribution in [0.4, 0.5) is 0 Å². The molecule has 0 aliphatic carbocycles. The van der Waals surface area contributed by atoms with Crippen molar-refractivity contribution in [3.05, 3.63) is 21.3 Å². The molecule has 6 heteroatoms. The highest BCUT2D eigenvalue weighted by Crippen LogP contribution is 2.23. The number of aliphatic carboxylic acids is 1.